The molecule has 1 aromatic carbocycles. The van der Waals surface area contributed by atoms with E-state index in [-0.39, 0.29) is 23.5 Å². The zero-order valence-corrected chi connectivity index (χ0v) is 16.7. The Hall–Kier alpha value is -1.97. The van der Waals surface area contributed by atoms with Crippen LogP contribution in [0.4, 0.5) is 0 Å². The number of piperidine rings is 1. The number of hydrogen-bond donors (Lipinski definition) is 1. The Balaban J connectivity index is 2.29. The molecule has 150 valence electrons. The molecule has 2 rings (SSSR count). The first kappa shape index (κ1) is 21.3. The van der Waals surface area contributed by atoms with Gasteiger partial charge >= 0.3 is 11.9 Å². The number of sulfonamides is 1. The van der Waals surface area contributed by atoms with Crippen LogP contribution in [0.2, 0.25) is 0 Å². The number of hydrogen-bond acceptors (Lipinski definition) is 7. The minimum Gasteiger partial charge on any atom is -0.469 e. The van der Waals surface area contributed by atoms with Gasteiger partial charge in [-0.15, -0.1) is 0 Å². The molecule has 1 aliphatic rings. The number of carbonyl (C=O) groups excluding carboxylic acids is 2. The molecule has 0 saturated carbocycles. The van der Waals surface area contributed by atoms with Crippen LogP contribution in [0.5, 0.6) is 0 Å². The summed E-state index contributed by atoms with van der Waals surface area (Å²) in [7, 11) is -0.721. The molecule has 1 aliphatic heterocycles. The van der Waals surface area contributed by atoms with Crippen molar-refractivity contribution in [3.05, 3.63) is 29.8 Å². The molecule has 0 radical (unpaired) electrons. The number of nitrogens with zero attached hydrogens (tertiary/aromatic N) is 1. The van der Waals surface area contributed by atoms with Crippen molar-refractivity contribution in [1.82, 2.24) is 9.62 Å². The Morgan fingerprint density at radius 1 is 1.26 bits per heavy atom. The van der Waals surface area contributed by atoms with Crippen LogP contribution in [-0.4, -0.2) is 64.6 Å². The van der Waals surface area contributed by atoms with Crippen LogP contribution < -0.4 is 4.72 Å². The summed E-state index contributed by atoms with van der Waals surface area (Å²) in [6, 6.07) is 5.67. The molecule has 0 bridgehead atoms. The van der Waals surface area contributed by atoms with Crippen LogP contribution >= 0.6 is 0 Å². The van der Waals surface area contributed by atoms with E-state index in [4.69, 9.17) is 9.47 Å². The predicted molar refractivity (Wildman–Crippen MR) is 98.8 cm³/mol. The molecule has 27 heavy (non-hydrogen) atoms. The van der Waals surface area contributed by atoms with Crippen LogP contribution in [0, 0.1) is 0 Å². The lowest BCUT2D eigenvalue weighted by Gasteiger charge is -2.40. The predicted octanol–water partition coefficient (Wildman–Crippen LogP) is 1.17. The molecule has 0 atom stereocenters. The lowest BCUT2D eigenvalue weighted by atomic mass is 9.86. The van der Waals surface area contributed by atoms with E-state index in [1.165, 1.54) is 31.4 Å². The fraction of sp³-hybridized carbons (Fsp3) is 0.556. The van der Waals surface area contributed by atoms with Crippen molar-refractivity contribution in [3.63, 3.8) is 0 Å². The van der Waals surface area contributed by atoms with Crippen LogP contribution in [0.3, 0.4) is 0 Å². The molecule has 0 unspecified atom stereocenters. The van der Waals surface area contributed by atoms with E-state index in [1.54, 1.807) is 6.92 Å². The van der Waals surface area contributed by atoms with Gasteiger partial charge in [-0.05, 0) is 58.1 Å². The van der Waals surface area contributed by atoms with Gasteiger partial charge in [-0.2, -0.15) is 0 Å². The van der Waals surface area contributed by atoms with E-state index in [2.05, 4.69) is 9.62 Å². The van der Waals surface area contributed by atoms with E-state index in [0.29, 0.717) is 25.9 Å². The molecule has 0 spiro atoms. The van der Waals surface area contributed by atoms with Gasteiger partial charge in [0.05, 0.1) is 30.6 Å². The number of benzene rings is 1. The third-order valence-corrected chi connectivity index (χ3v) is 6.24. The SMILES string of the molecule is CCOC(=O)c1cccc(S(=O)(=O)NC2(CC(=O)OC)CCN(C)CC2)c1. The fourth-order valence-electron chi connectivity index (χ4n) is 3.06. The Bertz CT molecular complexity index is 785. The van der Waals surface area contributed by atoms with Gasteiger partial charge in [-0.25, -0.2) is 17.9 Å². The first-order valence-corrected chi connectivity index (χ1v) is 10.3. The molecule has 1 fully saturated rings. The minimum atomic E-state index is -3.94. The Morgan fingerprint density at radius 2 is 1.93 bits per heavy atom. The summed E-state index contributed by atoms with van der Waals surface area (Å²) >= 11 is 0. The number of methoxy groups -OCH3 is 1. The van der Waals surface area contributed by atoms with Crippen molar-refractivity contribution in [2.24, 2.45) is 0 Å². The molecule has 8 nitrogen and oxygen atoms in total. The first-order valence-electron chi connectivity index (χ1n) is 8.78. The topological polar surface area (TPSA) is 102 Å². The van der Waals surface area contributed by atoms with Crippen LogP contribution in [-0.2, 0) is 24.3 Å². The monoisotopic (exact) mass is 398 g/mol. The number of rotatable bonds is 7. The number of likely N-dealkylation sites (tertiary alicyclic amines) is 1. The highest BCUT2D eigenvalue weighted by Crippen LogP contribution is 2.28. The molecule has 1 aromatic rings. The van der Waals surface area contributed by atoms with E-state index in [9.17, 15) is 18.0 Å². The molecule has 1 N–H and O–H groups in total. The number of ether oxygens (including phenoxy) is 2. The van der Waals surface area contributed by atoms with Crippen molar-refractivity contribution in [2.45, 2.75) is 36.6 Å². The van der Waals surface area contributed by atoms with Crippen LogP contribution in [0.15, 0.2) is 29.2 Å². The highest BCUT2D eigenvalue weighted by atomic mass is 32.2. The third-order valence-electron chi connectivity index (χ3n) is 4.66. The lowest BCUT2D eigenvalue weighted by molar-refractivity contribution is -0.142. The van der Waals surface area contributed by atoms with Gasteiger partial charge in [-0.3, -0.25) is 4.79 Å². The van der Waals surface area contributed by atoms with Crippen molar-refractivity contribution < 1.29 is 27.5 Å². The van der Waals surface area contributed by atoms with E-state index >= 15 is 0 Å². The summed E-state index contributed by atoms with van der Waals surface area (Å²) in [5.41, 5.74) is -0.761. The van der Waals surface area contributed by atoms with E-state index in [0.717, 1.165) is 0 Å². The zero-order valence-electron chi connectivity index (χ0n) is 15.9. The van der Waals surface area contributed by atoms with Gasteiger partial charge in [0, 0.05) is 5.54 Å². The van der Waals surface area contributed by atoms with Gasteiger partial charge in [0.25, 0.3) is 0 Å². The summed E-state index contributed by atoms with van der Waals surface area (Å²) < 4.78 is 38.3. The maximum Gasteiger partial charge on any atom is 0.338 e. The largest absolute Gasteiger partial charge is 0.469 e. The Labute approximate surface area is 159 Å². The molecule has 0 amide bonds. The fourth-order valence-corrected chi connectivity index (χ4v) is 4.56. The average molecular weight is 398 g/mol. The van der Waals surface area contributed by atoms with Crippen molar-refractivity contribution in [2.75, 3.05) is 33.9 Å². The molecule has 0 aliphatic carbocycles. The first-order chi connectivity index (χ1) is 12.7. The van der Waals surface area contributed by atoms with Crippen LogP contribution in [0.25, 0.3) is 0 Å². The Kier molecular flexibility index (Phi) is 6.96. The third kappa shape index (κ3) is 5.50. The highest BCUT2D eigenvalue weighted by Gasteiger charge is 2.40. The molecular formula is C18H26N2O6S. The normalized spacial score (nSPS) is 17.3. The van der Waals surface area contributed by atoms with Gasteiger partial charge in [0.1, 0.15) is 0 Å². The zero-order chi connectivity index (χ0) is 20.1. The second-order valence-electron chi connectivity index (χ2n) is 6.69. The Morgan fingerprint density at radius 3 is 2.52 bits per heavy atom. The van der Waals surface area contributed by atoms with Crippen molar-refractivity contribution >= 4 is 22.0 Å². The maximum atomic E-state index is 13.0. The minimum absolute atomic E-state index is 0.0452. The summed E-state index contributed by atoms with van der Waals surface area (Å²) in [5, 5.41) is 0. The standard InChI is InChI=1S/C18H26N2O6S/c1-4-26-17(22)14-6-5-7-15(12-14)27(23,24)19-18(13-16(21)25-3)8-10-20(2)11-9-18/h5-7,12,19H,4,8-11,13H2,1-3H3. The molecule has 1 heterocycles. The van der Waals surface area contributed by atoms with Gasteiger partial charge in [-0.1, -0.05) is 6.07 Å². The average Bonchev–Trinajstić information content (AvgIpc) is 2.64. The summed E-state index contributed by atoms with van der Waals surface area (Å²) in [5.74, 6) is -1.05. The molecule has 9 heteroatoms. The quantitative estimate of drug-likeness (QED) is 0.688. The molecular weight excluding hydrogens is 372 g/mol. The summed E-state index contributed by atoms with van der Waals surface area (Å²) in [6.07, 6.45) is 0.916. The van der Waals surface area contributed by atoms with Gasteiger partial charge < -0.3 is 14.4 Å². The second-order valence-corrected chi connectivity index (χ2v) is 8.37. The summed E-state index contributed by atoms with van der Waals surface area (Å²) in [6.45, 7) is 3.19. The smallest absolute Gasteiger partial charge is 0.338 e. The molecule has 1 saturated heterocycles. The number of carbonyl (C=O) groups is 2. The van der Waals surface area contributed by atoms with E-state index < -0.39 is 27.5 Å². The van der Waals surface area contributed by atoms with Crippen molar-refractivity contribution in [3.8, 4) is 0 Å². The van der Waals surface area contributed by atoms with Gasteiger partial charge in [0.15, 0.2) is 0 Å². The van der Waals surface area contributed by atoms with Gasteiger partial charge in [0.2, 0.25) is 10.0 Å². The second kappa shape index (κ2) is 8.81. The number of nitrogens with one attached hydrogen (secondary N) is 1. The molecule has 0 aromatic heterocycles. The maximum absolute atomic E-state index is 13.0. The van der Waals surface area contributed by atoms with E-state index in [1.807, 2.05) is 7.05 Å². The lowest BCUT2D eigenvalue weighted by Crippen LogP contribution is -2.55. The number of esters is 2. The van der Waals surface area contributed by atoms with Crippen molar-refractivity contribution in [1.29, 1.82) is 0 Å². The summed E-state index contributed by atoms with van der Waals surface area (Å²) in [4.78, 5) is 25.8. The highest BCUT2D eigenvalue weighted by molar-refractivity contribution is 7.89. The van der Waals surface area contributed by atoms with Crippen LogP contribution in [0.1, 0.15) is 36.5 Å².